The second-order valence-corrected chi connectivity index (χ2v) is 4.61. The maximum Gasteiger partial charge on any atom is 0.136 e. The zero-order valence-electron chi connectivity index (χ0n) is 13.4. The predicted octanol–water partition coefficient (Wildman–Crippen LogP) is 5.57. The lowest BCUT2D eigenvalue weighted by Gasteiger charge is -2.09. The topological polar surface area (TPSA) is 17.1 Å². The summed E-state index contributed by atoms with van der Waals surface area (Å²) < 4.78 is 0. The van der Waals surface area contributed by atoms with Gasteiger partial charge in [0, 0.05) is 5.92 Å². The molecule has 0 aliphatic rings. The average Bonchev–Trinajstić information content (AvgIpc) is 2.40. The first-order chi connectivity index (χ1) is 8.52. The minimum atomic E-state index is 0.0323. The molecule has 1 heteroatoms. The van der Waals surface area contributed by atoms with Crippen LogP contribution in [0.15, 0.2) is 23.8 Å². The van der Waals surface area contributed by atoms with E-state index in [0.717, 1.165) is 17.9 Å². The van der Waals surface area contributed by atoms with E-state index >= 15 is 0 Å². The minimum absolute atomic E-state index is 0.0323. The Morgan fingerprint density at radius 2 is 1.78 bits per heavy atom. The second-order valence-electron chi connectivity index (χ2n) is 4.61. The van der Waals surface area contributed by atoms with E-state index in [9.17, 15) is 4.79 Å². The molecule has 0 bridgehead atoms. The van der Waals surface area contributed by atoms with Crippen LogP contribution in [-0.4, -0.2) is 5.78 Å². The predicted molar refractivity (Wildman–Crippen MR) is 82.8 cm³/mol. The van der Waals surface area contributed by atoms with Gasteiger partial charge in [-0.25, -0.2) is 0 Å². The van der Waals surface area contributed by atoms with Gasteiger partial charge in [-0.05, 0) is 38.2 Å². The molecule has 0 fully saturated rings. The smallest absolute Gasteiger partial charge is 0.136 e. The first kappa shape index (κ1) is 19.5. The van der Waals surface area contributed by atoms with Crippen LogP contribution in [0.25, 0.3) is 0 Å². The van der Waals surface area contributed by atoms with Crippen molar-refractivity contribution in [1.82, 2.24) is 0 Å². The molecule has 0 aromatic carbocycles. The Bertz CT molecular complexity index is 261. The summed E-state index contributed by atoms with van der Waals surface area (Å²) in [4.78, 5) is 11.3. The van der Waals surface area contributed by atoms with Crippen LogP contribution in [0.2, 0.25) is 0 Å². The number of allylic oxidation sites excluding steroid dienone is 4. The van der Waals surface area contributed by atoms with E-state index in [1.165, 1.54) is 12.8 Å². The molecule has 106 valence electrons. The quantitative estimate of drug-likeness (QED) is 0.542. The summed E-state index contributed by atoms with van der Waals surface area (Å²) in [6.45, 7) is 14.1. The van der Waals surface area contributed by atoms with Crippen molar-refractivity contribution in [2.24, 2.45) is 11.8 Å². The van der Waals surface area contributed by atoms with E-state index in [4.69, 9.17) is 0 Å². The molecule has 0 aromatic heterocycles. The minimum Gasteiger partial charge on any atom is -0.299 e. The van der Waals surface area contributed by atoms with E-state index in [2.05, 4.69) is 26.0 Å². The molecule has 0 saturated carbocycles. The highest BCUT2D eigenvalue weighted by Gasteiger charge is 2.09. The highest BCUT2D eigenvalue weighted by molar-refractivity contribution is 5.81. The normalized spacial score (nSPS) is 14.9. The fourth-order valence-electron chi connectivity index (χ4n) is 1.53. The maximum atomic E-state index is 11.3. The number of carbonyl (C=O) groups excluding carboxylic acids is 1. The van der Waals surface area contributed by atoms with Gasteiger partial charge in [-0.2, -0.15) is 0 Å². The number of carbonyl (C=O) groups is 1. The van der Waals surface area contributed by atoms with Gasteiger partial charge in [-0.1, -0.05) is 59.3 Å². The Balaban J connectivity index is 0. The van der Waals surface area contributed by atoms with Crippen molar-refractivity contribution in [2.75, 3.05) is 0 Å². The van der Waals surface area contributed by atoms with Crippen molar-refractivity contribution >= 4 is 5.78 Å². The van der Waals surface area contributed by atoms with Gasteiger partial charge in [0.25, 0.3) is 0 Å². The average molecular weight is 252 g/mol. The zero-order chi connectivity index (χ0) is 14.6. The van der Waals surface area contributed by atoms with Crippen LogP contribution in [0.4, 0.5) is 0 Å². The largest absolute Gasteiger partial charge is 0.299 e. The van der Waals surface area contributed by atoms with Crippen LogP contribution in [0.3, 0.4) is 0 Å². The lowest BCUT2D eigenvalue weighted by molar-refractivity contribution is -0.119. The summed E-state index contributed by atoms with van der Waals surface area (Å²) in [5.74, 6) is 1.06. The summed E-state index contributed by atoms with van der Waals surface area (Å²) in [5, 5.41) is 0. The number of Topliss-reactive ketones (excluding diaryl/α,β-unsaturated/α-hetero) is 1. The van der Waals surface area contributed by atoms with E-state index in [0.29, 0.717) is 0 Å². The first-order valence-corrected chi connectivity index (χ1v) is 7.36. The molecule has 2 unspecified atom stereocenters. The van der Waals surface area contributed by atoms with Crippen LogP contribution in [0, 0.1) is 11.8 Å². The molecule has 0 rings (SSSR count). The molecule has 0 saturated heterocycles. The molecule has 0 radical (unpaired) electrons. The fourth-order valence-corrected chi connectivity index (χ4v) is 1.53. The number of rotatable bonds is 7. The lowest BCUT2D eigenvalue weighted by atomic mass is 9.96. The van der Waals surface area contributed by atoms with Gasteiger partial charge in [-0.15, -0.1) is 0 Å². The molecule has 0 aliphatic carbocycles. The van der Waals surface area contributed by atoms with Crippen molar-refractivity contribution in [3.8, 4) is 0 Å². The van der Waals surface area contributed by atoms with Gasteiger partial charge in [0.1, 0.15) is 5.78 Å². The first-order valence-electron chi connectivity index (χ1n) is 7.36. The number of ketones is 1. The lowest BCUT2D eigenvalue weighted by Crippen LogP contribution is -2.07. The molecular formula is C17H32O. The molecule has 0 amide bonds. The molecule has 0 heterocycles. The summed E-state index contributed by atoms with van der Waals surface area (Å²) in [6.07, 6.45) is 9.92. The van der Waals surface area contributed by atoms with Crippen molar-refractivity contribution in [2.45, 2.75) is 67.7 Å². The van der Waals surface area contributed by atoms with Crippen LogP contribution in [0.1, 0.15) is 67.7 Å². The summed E-state index contributed by atoms with van der Waals surface area (Å²) in [7, 11) is 0. The molecule has 0 aromatic rings. The number of hydrogen-bond acceptors (Lipinski definition) is 1. The molecule has 18 heavy (non-hydrogen) atoms. The van der Waals surface area contributed by atoms with E-state index < -0.39 is 0 Å². The van der Waals surface area contributed by atoms with Gasteiger partial charge < -0.3 is 0 Å². The van der Waals surface area contributed by atoms with E-state index in [1.807, 2.05) is 33.8 Å². The van der Waals surface area contributed by atoms with Crippen LogP contribution < -0.4 is 0 Å². The standard InChI is InChI=1S/C15H26O.C2H6/c1-6-12(3)10-8-9-11-15(7-2)13(4)14(5)16;1-2/h7,9,11-13H,6,8,10H2,1-5H3;1-2H3/b11-9-,15-7+;. The van der Waals surface area contributed by atoms with E-state index in [1.54, 1.807) is 6.92 Å². The monoisotopic (exact) mass is 252 g/mol. The van der Waals surface area contributed by atoms with Crippen LogP contribution in [0.5, 0.6) is 0 Å². The van der Waals surface area contributed by atoms with Gasteiger partial charge in [0.2, 0.25) is 0 Å². The highest BCUT2D eigenvalue weighted by atomic mass is 16.1. The Labute approximate surface area is 114 Å². The summed E-state index contributed by atoms with van der Waals surface area (Å²) in [5.41, 5.74) is 1.14. The van der Waals surface area contributed by atoms with Crippen molar-refractivity contribution in [1.29, 1.82) is 0 Å². The van der Waals surface area contributed by atoms with Gasteiger partial charge in [0.05, 0.1) is 0 Å². The highest BCUT2D eigenvalue weighted by Crippen LogP contribution is 2.15. The molecular weight excluding hydrogens is 220 g/mol. The van der Waals surface area contributed by atoms with Crippen molar-refractivity contribution < 1.29 is 4.79 Å². The Kier molecular flexibility index (Phi) is 13.6. The van der Waals surface area contributed by atoms with Crippen LogP contribution in [-0.2, 0) is 4.79 Å². The van der Waals surface area contributed by atoms with Crippen molar-refractivity contribution in [3.63, 3.8) is 0 Å². The SMILES string of the molecule is C/C=C(\C=C/CCC(C)CC)C(C)C(C)=O.CC. The second kappa shape index (κ2) is 12.6. The Hall–Kier alpha value is -0.850. The summed E-state index contributed by atoms with van der Waals surface area (Å²) in [6, 6.07) is 0. The third-order valence-corrected chi connectivity index (χ3v) is 3.28. The van der Waals surface area contributed by atoms with Gasteiger partial charge >= 0.3 is 0 Å². The molecule has 0 spiro atoms. The fraction of sp³-hybridized carbons (Fsp3) is 0.706. The van der Waals surface area contributed by atoms with Gasteiger partial charge in [-0.3, -0.25) is 4.79 Å². The van der Waals surface area contributed by atoms with E-state index in [-0.39, 0.29) is 11.7 Å². The molecule has 0 N–H and O–H groups in total. The molecule has 0 aliphatic heterocycles. The zero-order valence-corrected chi connectivity index (χ0v) is 13.4. The number of hydrogen-bond donors (Lipinski definition) is 0. The van der Waals surface area contributed by atoms with Crippen molar-refractivity contribution in [3.05, 3.63) is 23.8 Å². The third-order valence-electron chi connectivity index (χ3n) is 3.28. The van der Waals surface area contributed by atoms with Gasteiger partial charge in [0.15, 0.2) is 0 Å². The third kappa shape index (κ3) is 9.21. The van der Waals surface area contributed by atoms with Crippen LogP contribution >= 0.6 is 0 Å². The Morgan fingerprint density at radius 1 is 1.22 bits per heavy atom. The summed E-state index contributed by atoms with van der Waals surface area (Å²) >= 11 is 0. The molecule has 1 nitrogen and oxygen atoms in total. The molecule has 2 atom stereocenters. The Morgan fingerprint density at radius 3 is 2.17 bits per heavy atom. The maximum absolute atomic E-state index is 11.3.